The minimum Gasteiger partial charge on any atom is -0.379 e. The van der Waals surface area contributed by atoms with E-state index in [9.17, 15) is 0 Å². The second-order valence-corrected chi connectivity index (χ2v) is 5.60. The first-order valence-corrected chi connectivity index (χ1v) is 7.13. The van der Waals surface area contributed by atoms with Crippen molar-refractivity contribution in [2.45, 2.75) is 52.0 Å². The largest absolute Gasteiger partial charge is 0.379 e. The van der Waals surface area contributed by atoms with Crippen molar-refractivity contribution in [2.75, 3.05) is 26.3 Å². The Morgan fingerprint density at radius 3 is 2.31 bits per heavy atom. The fourth-order valence-corrected chi connectivity index (χ4v) is 3.31. The van der Waals surface area contributed by atoms with E-state index in [1.54, 1.807) is 0 Å². The number of hydrogen-bond acceptors (Lipinski definition) is 2. The third-order valence-electron chi connectivity index (χ3n) is 4.75. The van der Waals surface area contributed by atoms with Gasteiger partial charge in [0.25, 0.3) is 0 Å². The third-order valence-corrected chi connectivity index (χ3v) is 4.75. The number of nitrogens with zero attached hydrogens (tertiary/aromatic N) is 1. The zero-order valence-electron chi connectivity index (χ0n) is 11.0. The molecule has 2 rings (SSSR count). The molecule has 94 valence electrons. The van der Waals surface area contributed by atoms with Crippen LogP contribution in [0.25, 0.3) is 0 Å². The minimum atomic E-state index is 0.865. The molecular weight excluding hydrogens is 198 g/mol. The van der Waals surface area contributed by atoms with Gasteiger partial charge in [0.2, 0.25) is 0 Å². The van der Waals surface area contributed by atoms with Crippen molar-refractivity contribution in [3.8, 4) is 0 Å². The average molecular weight is 225 g/mol. The van der Waals surface area contributed by atoms with Crippen molar-refractivity contribution in [1.82, 2.24) is 4.90 Å². The van der Waals surface area contributed by atoms with E-state index < -0.39 is 0 Å². The second-order valence-electron chi connectivity index (χ2n) is 5.60. The Kier molecular flexibility index (Phi) is 4.66. The minimum absolute atomic E-state index is 0.865. The zero-order valence-corrected chi connectivity index (χ0v) is 11.0. The SMILES string of the molecule is CCC(C)C1CCC(N2CCOCC2)CC1. The van der Waals surface area contributed by atoms with E-state index in [4.69, 9.17) is 4.74 Å². The Bertz CT molecular complexity index is 193. The van der Waals surface area contributed by atoms with E-state index in [2.05, 4.69) is 18.7 Å². The van der Waals surface area contributed by atoms with Crippen molar-refractivity contribution in [1.29, 1.82) is 0 Å². The molecule has 0 aromatic carbocycles. The fourth-order valence-electron chi connectivity index (χ4n) is 3.31. The highest BCUT2D eigenvalue weighted by molar-refractivity contribution is 4.82. The Morgan fingerprint density at radius 1 is 1.12 bits per heavy atom. The van der Waals surface area contributed by atoms with Crippen LogP contribution in [0.15, 0.2) is 0 Å². The molecular formula is C14H27NO. The van der Waals surface area contributed by atoms with Crippen molar-refractivity contribution >= 4 is 0 Å². The molecule has 0 spiro atoms. The van der Waals surface area contributed by atoms with Crippen molar-refractivity contribution < 1.29 is 4.74 Å². The quantitative estimate of drug-likeness (QED) is 0.732. The predicted molar refractivity (Wildman–Crippen MR) is 67.6 cm³/mol. The topological polar surface area (TPSA) is 12.5 Å². The molecule has 2 aliphatic rings. The molecule has 0 N–H and O–H groups in total. The molecule has 1 heterocycles. The molecule has 1 saturated carbocycles. The van der Waals surface area contributed by atoms with E-state index in [1.807, 2.05) is 0 Å². The summed E-state index contributed by atoms with van der Waals surface area (Å²) in [6, 6.07) is 0.865. The van der Waals surface area contributed by atoms with Gasteiger partial charge in [0, 0.05) is 19.1 Å². The first kappa shape index (κ1) is 12.4. The molecule has 1 atom stereocenters. The van der Waals surface area contributed by atoms with Crippen LogP contribution < -0.4 is 0 Å². The Hall–Kier alpha value is -0.0800. The van der Waals surface area contributed by atoms with Gasteiger partial charge in [-0.2, -0.15) is 0 Å². The molecule has 0 radical (unpaired) electrons. The van der Waals surface area contributed by atoms with E-state index in [0.717, 1.165) is 31.1 Å². The lowest BCUT2D eigenvalue weighted by atomic mass is 9.77. The van der Waals surface area contributed by atoms with Gasteiger partial charge in [-0.25, -0.2) is 0 Å². The molecule has 1 aliphatic carbocycles. The van der Waals surface area contributed by atoms with Gasteiger partial charge in [-0.15, -0.1) is 0 Å². The lowest BCUT2D eigenvalue weighted by molar-refractivity contribution is 0.00263. The molecule has 2 heteroatoms. The number of morpholine rings is 1. The molecule has 0 bridgehead atoms. The molecule has 0 aromatic heterocycles. The Labute approximate surface area is 100 Å². The highest BCUT2D eigenvalue weighted by Gasteiger charge is 2.28. The first-order chi connectivity index (χ1) is 7.81. The Morgan fingerprint density at radius 2 is 1.75 bits per heavy atom. The monoisotopic (exact) mass is 225 g/mol. The zero-order chi connectivity index (χ0) is 11.4. The van der Waals surface area contributed by atoms with Crippen LogP contribution in [0, 0.1) is 11.8 Å². The molecule has 0 aromatic rings. The van der Waals surface area contributed by atoms with Crippen molar-refractivity contribution in [3.63, 3.8) is 0 Å². The maximum absolute atomic E-state index is 5.43. The standard InChI is InChI=1S/C14H27NO/c1-3-12(2)13-4-6-14(7-5-13)15-8-10-16-11-9-15/h12-14H,3-11H2,1-2H3. The van der Waals surface area contributed by atoms with Gasteiger partial charge in [-0.3, -0.25) is 4.90 Å². The summed E-state index contributed by atoms with van der Waals surface area (Å²) in [5, 5.41) is 0. The van der Waals surface area contributed by atoms with Crippen LogP contribution in [0.3, 0.4) is 0 Å². The summed E-state index contributed by atoms with van der Waals surface area (Å²) < 4.78 is 5.43. The van der Waals surface area contributed by atoms with Crippen LogP contribution in [-0.2, 0) is 4.74 Å². The number of hydrogen-bond donors (Lipinski definition) is 0. The number of rotatable bonds is 3. The summed E-state index contributed by atoms with van der Waals surface area (Å²) >= 11 is 0. The van der Waals surface area contributed by atoms with Crippen LogP contribution in [0.2, 0.25) is 0 Å². The predicted octanol–water partition coefficient (Wildman–Crippen LogP) is 2.92. The van der Waals surface area contributed by atoms with Gasteiger partial charge in [0.05, 0.1) is 13.2 Å². The molecule has 16 heavy (non-hydrogen) atoms. The summed E-state index contributed by atoms with van der Waals surface area (Å²) in [6.07, 6.45) is 7.12. The third kappa shape index (κ3) is 2.98. The van der Waals surface area contributed by atoms with Gasteiger partial charge in [0.1, 0.15) is 0 Å². The van der Waals surface area contributed by atoms with E-state index in [1.165, 1.54) is 45.2 Å². The normalized spacial score (nSPS) is 34.9. The van der Waals surface area contributed by atoms with E-state index >= 15 is 0 Å². The highest BCUT2D eigenvalue weighted by atomic mass is 16.5. The fraction of sp³-hybridized carbons (Fsp3) is 1.00. The summed E-state index contributed by atoms with van der Waals surface area (Å²) in [7, 11) is 0. The molecule has 2 nitrogen and oxygen atoms in total. The molecule has 1 unspecified atom stereocenters. The van der Waals surface area contributed by atoms with Gasteiger partial charge in [0.15, 0.2) is 0 Å². The maximum Gasteiger partial charge on any atom is 0.0594 e. The average Bonchev–Trinajstić information content (AvgIpc) is 2.39. The summed E-state index contributed by atoms with van der Waals surface area (Å²) in [6.45, 7) is 8.99. The summed E-state index contributed by atoms with van der Waals surface area (Å²) in [5.74, 6) is 1.94. The number of ether oxygens (including phenoxy) is 1. The van der Waals surface area contributed by atoms with E-state index in [-0.39, 0.29) is 0 Å². The van der Waals surface area contributed by atoms with Crippen LogP contribution in [0.5, 0.6) is 0 Å². The van der Waals surface area contributed by atoms with Crippen molar-refractivity contribution in [2.24, 2.45) is 11.8 Å². The molecule has 0 amide bonds. The summed E-state index contributed by atoms with van der Waals surface area (Å²) in [4.78, 5) is 2.66. The van der Waals surface area contributed by atoms with Crippen molar-refractivity contribution in [3.05, 3.63) is 0 Å². The first-order valence-electron chi connectivity index (χ1n) is 7.13. The van der Waals surface area contributed by atoms with Crippen LogP contribution in [0.4, 0.5) is 0 Å². The molecule has 1 saturated heterocycles. The van der Waals surface area contributed by atoms with Crippen LogP contribution in [0.1, 0.15) is 46.0 Å². The molecule has 1 aliphatic heterocycles. The van der Waals surface area contributed by atoms with Gasteiger partial charge >= 0.3 is 0 Å². The van der Waals surface area contributed by atoms with Crippen LogP contribution in [-0.4, -0.2) is 37.2 Å². The second kappa shape index (κ2) is 6.02. The lowest BCUT2D eigenvalue weighted by Crippen LogP contribution is -2.45. The van der Waals surface area contributed by atoms with E-state index in [0.29, 0.717) is 0 Å². The lowest BCUT2D eigenvalue weighted by Gasteiger charge is -2.40. The van der Waals surface area contributed by atoms with Gasteiger partial charge < -0.3 is 4.74 Å². The maximum atomic E-state index is 5.43. The van der Waals surface area contributed by atoms with Gasteiger partial charge in [-0.05, 0) is 37.5 Å². The summed E-state index contributed by atoms with van der Waals surface area (Å²) in [5.41, 5.74) is 0. The van der Waals surface area contributed by atoms with Crippen LogP contribution >= 0.6 is 0 Å². The van der Waals surface area contributed by atoms with Gasteiger partial charge in [-0.1, -0.05) is 20.3 Å². The smallest absolute Gasteiger partial charge is 0.0594 e. The Balaban J connectivity index is 1.75. The molecule has 2 fully saturated rings. The highest BCUT2D eigenvalue weighted by Crippen LogP contribution is 2.33.